The lowest BCUT2D eigenvalue weighted by Gasteiger charge is -2.19. The van der Waals surface area contributed by atoms with Crippen LogP contribution in [0, 0.1) is 0 Å². The Bertz CT molecular complexity index is 756. The molecule has 0 unspecified atom stereocenters. The first-order valence-electron chi connectivity index (χ1n) is 6.33. The summed E-state index contributed by atoms with van der Waals surface area (Å²) in [6.07, 6.45) is 0.302. The monoisotopic (exact) mass is 348 g/mol. The Hall–Kier alpha value is -1.03. The molecule has 1 fully saturated rings. The topological polar surface area (TPSA) is 97.5 Å². The van der Waals surface area contributed by atoms with Crippen LogP contribution in [0.1, 0.15) is 12.0 Å². The van der Waals surface area contributed by atoms with Crippen LogP contribution in [0.3, 0.4) is 0 Å². The van der Waals surface area contributed by atoms with Crippen molar-refractivity contribution in [2.24, 2.45) is 5.73 Å². The Morgan fingerprint density at radius 2 is 1.95 bits per heavy atom. The number of sulfonamides is 1. The first-order valence-corrected chi connectivity index (χ1v) is 10.00. The molecule has 1 aromatic rings. The number of benzene rings is 1. The van der Waals surface area contributed by atoms with E-state index in [9.17, 15) is 16.8 Å². The molecule has 21 heavy (non-hydrogen) atoms. The number of nitrogens with zero attached hydrogens (tertiary/aromatic N) is 1. The zero-order valence-electron chi connectivity index (χ0n) is 11.2. The Morgan fingerprint density at radius 3 is 2.62 bits per heavy atom. The van der Waals surface area contributed by atoms with Crippen molar-refractivity contribution in [2.75, 3.05) is 24.6 Å². The summed E-state index contributed by atoms with van der Waals surface area (Å²) >= 11 is 4.84. The van der Waals surface area contributed by atoms with Crippen LogP contribution >= 0.6 is 12.2 Å². The number of hydrogen-bond donors (Lipinski definition) is 1. The third-order valence-electron chi connectivity index (χ3n) is 3.27. The van der Waals surface area contributed by atoms with Crippen molar-refractivity contribution < 1.29 is 16.8 Å². The predicted octanol–water partition coefficient (Wildman–Crippen LogP) is 0.130. The van der Waals surface area contributed by atoms with E-state index in [1.54, 1.807) is 12.1 Å². The van der Waals surface area contributed by atoms with Gasteiger partial charge in [-0.05, 0) is 18.6 Å². The summed E-state index contributed by atoms with van der Waals surface area (Å²) in [6, 6.07) is 6.07. The second-order valence-electron chi connectivity index (χ2n) is 4.80. The molecule has 1 aliphatic rings. The van der Waals surface area contributed by atoms with Crippen molar-refractivity contribution in [3.8, 4) is 0 Å². The van der Waals surface area contributed by atoms with Crippen molar-refractivity contribution in [3.05, 3.63) is 29.8 Å². The van der Waals surface area contributed by atoms with E-state index in [0.717, 1.165) is 0 Å². The minimum absolute atomic E-state index is 0.0198. The molecule has 1 saturated heterocycles. The van der Waals surface area contributed by atoms with Gasteiger partial charge in [0.2, 0.25) is 10.0 Å². The lowest BCUT2D eigenvalue weighted by molar-refractivity contribution is 0.434. The number of thiocarbonyl (C=S) groups is 1. The van der Waals surface area contributed by atoms with Gasteiger partial charge in [-0.1, -0.05) is 24.4 Å². The first-order chi connectivity index (χ1) is 9.72. The van der Waals surface area contributed by atoms with Crippen LogP contribution in [0.15, 0.2) is 29.2 Å². The second-order valence-corrected chi connectivity index (χ2v) is 9.48. The molecule has 0 radical (unpaired) electrons. The summed E-state index contributed by atoms with van der Waals surface area (Å²) in [4.78, 5) is 0.192. The van der Waals surface area contributed by atoms with Crippen molar-refractivity contribution in [1.82, 2.24) is 4.31 Å². The van der Waals surface area contributed by atoms with E-state index in [4.69, 9.17) is 18.0 Å². The quantitative estimate of drug-likeness (QED) is 0.780. The highest BCUT2D eigenvalue weighted by atomic mass is 32.2. The number of sulfone groups is 1. The van der Waals surface area contributed by atoms with Gasteiger partial charge in [0.15, 0.2) is 9.84 Å². The molecule has 0 bridgehead atoms. The van der Waals surface area contributed by atoms with Gasteiger partial charge in [0.25, 0.3) is 0 Å². The minimum Gasteiger partial charge on any atom is -0.389 e. The molecule has 0 spiro atoms. The van der Waals surface area contributed by atoms with Crippen molar-refractivity contribution in [2.45, 2.75) is 11.3 Å². The molecule has 2 N–H and O–H groups in total. The maximum atomic E-state index is 12.6. The second kappa shape index (κ2) is 5.99. The van der Waals surface area contributed by atoms with Gasteiger partial charge < -0.3 is 5.73 Å². The first kappa shape index (κ1) is 16.3. The number of hydrogen-bond acceptors (Lipinski definition) is 5. The molecule has 9 heteroatoms. The van der Waals surface area contributed by atoms with E-state index in [-0.39, 0.29) is 34.5 Å². The third kappa shape index (κ3) is 3.79. The van der Waals surface area contributed by atoms with Crippen LogP contribution < -0.4 is 5.73 Å². The van der Waals surface area contributed by atoms with Gasteiger partial charge >= 0.3 is 0 Å². The normalized spacial score (nSPS) is 19.8. The van der Waals surface area contributed by atoms with Gasteiger partial charge in [0, 0.05) is 18.7 Å². The number of rotatable bonds is 3. The molecule has 0 saturated carbocycles. The summed E-state index contributed by atoms with van der Waals surface area (Å²) in [5.74, 6) is -0.132. The van der Waals surface area contributed by atoms with E-state index >= 15 is 0 Å². The summed E-state index contributed by atoms with van der Waals surface area (Å²) < 4.78 is 49.5. The summed E-state index contributed by atoms with van der Waals surface area (Å²) in [7, 11) is -6.90. The predicted molar refractivity (Wildman–Crippen MR) is 84.4 cm³/mol. The highest BCUT2D eigenvalue weighted by Gasteiger charge is 2.29. The Balaban J connectivity index is 2.33. The van der Waals surface area contributed by atoms with Gasteiger partial charge in [-0.2, -0.15) is 4.31 Å². The van der Waals surface area contributed by atoms with Gasteiger partial charge in [-0.25, -0.2) is 16.8 Å². The molecule has 0 amide bonds. The Kier molecular flexibility index (Phi) is 4.66. The smallest absolute Gasteiger partial charge is 0.243 e. The van der Waals surface area contributed by atoms with Gasteiger partial charge in [-0.3, -0.25) is 0 Å². The maximum Gasteiger partial charge on any atom is 0.243 e. The summed E-state index contributed by atoms with van der Waals surface area (Å²) in [6.45, 7) is 0.167. The van der Waals surface area contributed by atoms with Crippen LogP contribution in [0.25, 0.3) is 0 Å². The average molecular weight is 348 g/mol. The molecule has 0 atom stereocenters. The fraction of sp³-hybridized carbons (Fsp3) is 0.417. The van der Waals surface area contributed by atoms with Crippen LogP contribution in [0.2, 0.25) is 0 Å². The van der Waals surface area contributed by atoms with Crippen LogP contribution in [0.5, 0.6) is 0 Å². The molecule has 1 heterocycles. The van der Waals surface area contributed by atoms with Crippen LogP contribution in [-0.2, 0) is 19.9 Å². The maximum absolute atomic E-state index is 12.6. The third-order valence-corrected chi connectivity index (χ3v) is 7.12. The lowest BCUT2D eigenvalue weighted by atomic mass is 10.2. The highest BCUT2D eigenvalue weighted by Crippen LogP contribution is 2.19. The zero-order valence-corrected chi connectivity index (χ0v) is 13.7. The molecule has 2 rings (SSSR count). The Morgan fingerprint density at radius 1 is 1.24 bits per heavy atom. The molecule has 6 nitrogen and oxygen atoms in total. The summed E-state index contributed by atoms with van der Waals surface area (Å²) in [5, 5.41) is 0. The molecule has 0 aliphatic carbocycles. The molecule has 1 aliphatic heterocycles. The number of nitrogens with two attached hydrogens (primary N) is 1. The largest absolute Gasteiger partial charge is 0.389 e. The fourth-order valence-electron chi connectivity index (χ4n) is 2.11. The fourth-order valence-corrected chi connectivity index (χ4v) is 5.15. The molecular weight excluding hydrogens is 332 g/mol. The van der Waals surface area contributed by atoms with E-state index in [1.165, 1.54) is 16.4 Å². The van der Waals surface area contributed by atoms with E-state index in [2.05, 4.69) is 0 Å². The zero-order chi connectivity index (χ0) is 15.7. The lowest BCUT2D eigenvalue weighted by Crippen LogP contribution is -2.33. The van der Waals surface area contributed by atoms with Crippen molar-refractivity contribution >= 4 is 37.1 Å². The van der Waals surface area contributed by atoms with E-state index < -0.39 is 19.9 Å². The minimum atomic E-state index is -3.74. The van der Waals surface area contributed by atoms with Gasteiger partial charge in [0.05, 0.1) is 16.4 Å². The van der Waals surface area contributed by atoms with E-state index in [1.807, 2.05) is 0 Å². The average Bonchev–Trinajstić information content (AvgIpc) is 2.60. The molecule has 0 aromatic heterocycles. The molecular formula is C12H16N2O4S3. The molecule has 1 aromatic carbocycles. The summed E-state index contributed by atoms with van der Waals surface area (Å²) in [5.41, 5.74) is 5.97. The van der Waals surface area contributed by atoms with Gasteiger partial charge in [-0.15, -0.1) is 0 Å². The van der Waals surface area contributed by atoms with Crippen LogP contribution in [-0.4, -0.2) is 50.7 Å². The van der Waals surface area contributed by atoms with Crippen LogP contribution in [0.4, 0.5) is 0 Å². The Labute approximate surface area is 129 Å². The van der Waals surface area contributed by atoms with E-state index in [0.29, 0.717) is 12.0 Å². The van der Waals surface area contributed by atoms with Crippen molar-refractivity contribution in [3.63, 3.8) is 0 Å². The van der Waals surface area contributed by atoms with Gasteiger partial charge in [0.1, 0.15) is 4.99 Å². The molecule has 116 valence electrons. The standard InChI is InChI=1S/C12H16N2O4S3/c13-12(19)10-3-1-4-11(9-10)21(17,18)14-5-2-7-20(15,16)8-6-14/h1,3-4,9H,2,5-8H2,(H2,13,19). The van der Waals surface area contributed by atoms with Crippen molar-refractivity contribution in [1.29, 1.82) is 0 Å². The SMILES string of the molecule is NC(=S)c1cccc(S(=O)(=O)N2CCCS(=O)(=O)CC2)c1. The highest BCUT2D eigenvalue weighted by molar-refractivity contribution is 7.91.